The molecule has 2 aliphatic rings. The predicted molar refractivity (Wildman–Crippen MR) is 117 cm³/mol. The Morgan fingerprint density at radius 1 is 1.33 bits per heavy atom. The van der Waals surface area contributed by atoms with E-state index in [0.717, 1.165) is 17.9 Å². The summed E-state index contributed by atoms with van der Waals surface area (Å²) in [6, 6.07) is 4.50. The van der Waals surface area contributed by atoms with Gasteiger partial charge in [0.1, 0.15) is 5.82 Å². The first-order valence-electron chi connectivity index (χ1n) is 9.41. The van der Waals surface area contributed by atoms with Gasteiger partial charge in [-0.3, -0.25) is 4.79 Å². The fraction of sp³-hybridized carbons (Fsp3) is 0.300. The summed E-state index contributed by atoms with van der Waals surface area (Å²) in [5.41, 5.74) is 8.25. The second-order valence-corrected chi connectivity index (χ2v) is 9.09. The topological polar surface area (TPSA) is 80.5 Å². The molecule has 30 heavy (non-hydrogen) atoms. The minimum Gasteiger partial charge on any atom is -0.375 e. The molecule has 1 saturated heterocycles. The Morgan fingerprint density at radius 2 is 2.17 bits per heavy atom. The molecule has 2 aliphatic heterocycles. The highest BCUT2D eigenvalue weighted by Crippen LogP contribution is 2.44. The molecule has 3 heterocycles. The molecule has 1 aromatic heterocycles. The van der Waals surface area contributed by atoms with Crippen molar-refractivity contribution < 1.29 is 13.9 Å². The molecule has 2 aromatic carbocycles. The molecule has 0 bridgehead atoms. The Labute approximate surface area is 185 Å². The fourth-order valence-corrected chi connectivity index (χ4v) is 5.54. The zero-order chi connectivity index (χ0) is 21.0. The van der Waals surface area contributed by atoms with Crippen molar-refractivity contribution in [2.24, 2.45) is 0 Å². The van der Waals surface area contributed by atoms with Crippen LogP contribution < -0.4 is 11.1 Å². The maximum atomic E-state index is 14.3. The first-order chi connectivity index (χ1) is 14.5. The first-order valence-corrected chi connectivity index (χ1v) is 11.0. The number of nitrogen functional groups attached to an aromatic ring is 1. The SMILES string of the molecule is Nc1nc2c(-c3c(Cl)cc4c(c3Cl)COC[C@@H]3CNCCN3C4=O)ccc(F)c2s1. The van der Waals surface area contributed by atoms with Crippen molar-refractivity contribution in [1.82, 2.24) is 15.2 Å². The molecule has 0 aliphatic carbocycles. The quantitative estimate of drug-likeness (QED) is 0.567. The van der Waals surface area contributed by atoms with Crippen LogP contribution in [0.25, 0.3) is 21.3 Å². The van der Waals surface area contributed by atoms with E-state index < -0.39 is 5.82 Å². The van der Waals surface area contributed by atoms with Crippen LogP contribution in [0.5, 0.6) is 0 Å². The van der Waals surface area contributed by atoms with Gasteiger partial charge < -0.3 is 20.7 Å². The van der Waals surface area contributed by atoms with Crippen molar-refractivity contribution in [2.75, 3.05) is 32.0 Å². The van der Waals surface area contributed by atoms with E-state index in [1.54, 1.807) is 17.0 Å². The molecule has 5 rings (SSSR count). The normalized spacial score (nSPS) is 19.4. The van der Waals surface area contributed by atoms with E-state index in [4.69, 9.17) is 33.7 Å². The van der Waals surface area contributed by atoms with E-state index in [0.29, 0.717) is 62.2 Å². The van der Waals surface area contributed by atoms with E-state index in [-0.39, 0.29) is 23.7 Å². The smallest absolute Gasteiger partial charge is 0.254 e. The van der Waals surface area contributed by atoms with Crippen molar-refractivity contribution >= 4 is 55.8 Å². The highest BCUT2D eigenvalue weighted by atomic mass is 35.5. The Balaban J connectivity index is 1.70. The molecule has 0 radical (unpaired) electrons. The van der Waals surface area contributed by atoms with Crippen LogP contribution in [0.15, 0.2) is 18.2 Å². The van der Waals surface area contributed by atoms with Crippen molar-refractivity contribution in [3.63, 3.8) is 0 Å². The van der Waals surface area contributed by atoms with Gasteiger partial charge in [-0.1, -0.05) is 34.5 Å². The lowest BCUT2D eigenvalue weighted by Gasteiger charge is -2.38. The average Bonchev–Trinajstić information content (AvgIpc) is 3.12. The molecule has 6 nitrogen and oxygen atoms in total. The number of carbonyl (C=O) groups is 1. The van der Waals surface area contributed by atoms with Gasteiger partial charge in [-0.2, -0.15) is 0 Å². The van der Waals surface area contributed by atoms with Gasteiger partial charge in [0, 0.05) is 41.9 Å². The summed E-state index contributed by atoms with van der Waals surface area (Å²) in [5, 5.41) is 4.12. The molecular formula is C20H17Cl2FN4O2S. The molecule has 0 unspecified atom stereocenters. The van der Waals surface area contributed by atoms with Gasteiger partial charge in [-0.05, 0) is 18.2 Å². The van der Waals surface area contributed by atoms with Gasteiger partial charge in [0.2, 0.25) is 0 Å². The lowest BCUT2D eigenvalue weighted by molar-refractivity contribution is 0.0254. The number of nitrogens with one attached hydrogen (secondary N) is 1. The monoisotopic (exact) mass is 466 g/mol. The number of anilines is 1. The maximum Gasteiger partial charge on any atom is 0.254 e. The third-order valence-corrected chi connectivity index (χ3v) is 7.11. The lowest BCUT2D eigenvalue weighted by Crippen LogP contribution is -2.56. The number of hydrogen-bond donors (Lipinski definition) is 2. The van der Waals surface area contributed by atoms with Gasteiger partial charge in [-0.25, -0.2) is 9.37 Å². The Morgan fingerprint density at radius 3 is 3.00 bits per heavy atom. The summed E-state index contributed by atoms with van der Waals surface area (Å²) in [5.74, 6) is -0.526. The summed E-state index contributed by atoms with van der Waals surface area (Å²) in [6.45, 7) is 2.57. The summed E-state index contributed by atoms with van der Waals surface area (Å²) in [7, 11) is 0. The van der Waals surface area contributed by atoms with E-state index in [2.05, 4.69) is 10.3 Å². The van der Waals surface area contributed by atoms with E-state index in [9.17, 15) is 9.18 Å². The number of rotatable bonds is 1. The number of nitrogens with zero attached hydrogens (tertiary/aromatic N) is 2. The van der Waals surface area contributed by atoms with Gasteiger partial charge in [0.15, 0.2) is 5.13 Å². The Hall–Kier alpha value is -1.97. The van der Waals surface area contributed by atoms with Gasteiger partial charge >= 0.3 is 0 Å². The molecule has 1 atom stereocenters. The number of thiazole rings is 1. The Bertz CT molecular complexity index is 1190. The van der Waals surface area contributed by atoms with Gasteiger partial charge in [0.25, 0.3) is 5.91 Å². The van der Waals surface area contributed by atoms with Gasteiger partial charge in [0.05, 0.1) is 39.5 Å². The van der Waals surface area contributed by atoms with Crippen LogP contribution in [0.3, 0.4) is 0 Å². The average molecular weight is 467 g/mol. The molecule has 0 spiro atoms. The zero-order valence-electron chi connectivity index (χ0n) is 15.7. The van der Waals surface area contributed by atoms with Crippen LogP contribution >= 0.6 is 34.5 Å². The molecule has 3 aromatic rings. The van der Waals surface area contributed by atoms with Crippen molar-refractivity contribution in [1.29, 1.82) is 0 Å². The standard InChI is InChI=1S/C20H17Cl2FN4O2S/c21-13-5-11-12(8-29-7-9-6-25-3-4-27(9)19(11)28)16(22)15(13)10-1-2-14(23)18-17(10)26-20(24)30-18/h1-2,5,9,25H,3-4,6-8H2,(H2,24,26)/t9-/m0/s1. The number of nitrogens with two attached hydrogens (primary N) is 1. The van der Waals surface area contributed by atoms with Crippen LogP contribution in [0.1, 0.15) is 15.9 Å². The number of fused-ring (bicyclic) bond motifs is 3. The Kier molecular flexibility index (Phi) is 5.07. The third-order valence-electron chi connectivity index (χ3n) is 5.50. The van der Waals surface area contributed by atoms with E-state index in [1.165, 1.54) is 6.07 Å². The summed E-state index contributed by atoms with van der Waals surface area (Å²) in [4.78, 5) is 19.4. The molecule has 156 valence electrons. The maximum absolute atomic E-state index is 14.3. The number of aromatic nitrogens is 1. The lowest BCUT2D eigenvalue weighted by atomic mass is 9.96. The van der Waals surface area contributed by atoms with Gasteiger partial charge in [-0.15, -0.1) is 0 Å². The number of carbonyl (C=O) groups excluding carboxylic acids is 1. The van der Waals surface area contributed by atoms with Crippen molar-refractivity contribution in [3.05, 3.63) is 45.2 Å². The number of amides is 1. The number of benzene rings is 2. The number of halogens is 3. The van der Waals surface area contributed by atoms with Crippen molar-refractivity contribution in [3.8, 4) is 11.1 Å². The molecule has 3 N–H and O–H groups in total. The van der Waals surface area contributed by atoms with Crippen LogP contribution in [-0.2, 0) is 11.3 Å². The minimum absolute atomic E-state index is 0.0358. The van der Waals surface area contributed by atoms with E-state index in [1.807, 2.05) is 0 Å². The summed E-state index contributed by atoms with van der Waals surface area (Å²) < 4.78 is 20.5. The molecule has 1 fully saturated rings. The molecular weight excluding hydrogens is 450 g/mol. The summed E-state index contributed by atoms with van der Waals surface area (Å²) >= 11 is 14.5. The number of hydrogen-bond acceptors (Lipinski definition) is 6. The zero-order valence-corrected chi connectivity index (χ0v) is 18.0. The molecule has 1 amide bonds. The molecule has 0 saturated carbocycles. The van der Waals surface area contributed by atoms with Crippen LogP contribution in [0, 0.1) is 5.82 Å². The van der Waals surface area contributed by atoms with Crippen LogP contribution in [0.2, 0.25) is 10.0 Å². The van der Waals surface area contributed by atoms with E-state index >= 15 is 0 Å². The predicted octanol–water partition coefficient (Wildman–Crippen LogP) is 3.94. The minimum atomic E-state index is -0.412. The first kappa shape index (κ1) is 20.0. The van der Waals surface area contributed by atoms with Crippen molar-refractivity contribution in [2.45, 2.75) is 12.6 Å². The second kappa shape index (κ2) is 7.62. The number of piperazine rings is 1. The molecule has 10 heteroatoms. The second-order valence-electron chi connectivity index (χ2n) is 7.27. The highest BCUT2D eigenvalue weighted by molar-refractivity contribution is 7.22. The van der Waals surface area contributed by atoms with Crippen LogP contribution in [0.4, 0.5) is 9.52 Å². The number of ether oxygens (including phenoxy) is 1. The summed E-state index contributed by atoms with van der Waals surface area (Å²) in [6.07, 6.45) is 0. The largest absolute Gasteiger partial charge is 0.375 e. The fourth-order valence-electron chi connectivity index (χ4n) is 4.06. The van der Waals surface area contributed by atoms with Crippen LogP contribution in [-0.4, -0.2) is 48.1 Å². The highest BCUT2D eigenvalue weighted by Gasteiger charge is 2.33. The third kappa shape index (κ3) is 3.14.